The molecule has 11 heteroatoms. The van der Waals surface area contributed by atoms with Crippen molar-refractivity contribution in [3.8, 4) is 11.1 Å². The van der Waals surface area contributed by atoms with E-state index in [-0.39, 0.29) is 13.2 Å². The Kier molecular flexibility index (Phi) is 6.07. The van der Waals surface area contributed by atoms with Gasteiger partial charge in [0.2, 0.25) is 5.95 Å². The average Bonchev–Trinajstić information content (AvgIpc) is 2.79. The van der Waals surface area contributed by atoms with Crippen LogP contribution >= 0.6 is 0 Å². The predicted octanol–water partition coefficient (Wildman–Crippen LogP) is 4.15. The maximum atomic E-state index is 13.0. The number of rotatable bonds is 3. The van der Waals surface area contributed by atoms with E-state index in [1.807, 2.05) is 26.0 Å². The van der Waals surface area contributed by atoms with Crippen molar-refractivity contribution >= 4 is 28.7 Å². The number of fused-ring (bicyclic) bond motifs is 1. The van der Waals surface area contributed by atoms with Crippen LogP contribution in [0.2, 0.25) is 0 Å². The van der Waals surface area contributed by atoms with Gasteiger partial charge in [-0.05, 0) is 43.2 Å². The van der Waals surface area contributed by atoms with E-state index >= 15 is 0 Å². The van der Waals surface area contributed by atoms with Gasteiger partial charge < -0.3 is 20.3 Å². The standard InChI is InChI=1S/C22H23F3N6O2/c1-12-4-5-15(29-21(32)31-6-7-33-18(11-31)22(23,24)25)9-16(12)17-8-14-10-27-20(26-3)30-19(14)28-13(17)2/h4-5,8-10,18H,6-7,11H2,1-3H3,(H,29,32)(H,26,27,28,30)/t18-/m0/s1. The summed E-state index contributed by atoms with van der Waals surface area (Å²) in [5.41, 5.74) is 4.42. The average molecular weight is 460 g/mol. The number of morpholine rings is 1. The fourth-order valence-corrected chi connectivity index (χ4v) is 3.67. The molecule has 33 heavy (non-hydrogen) atoms. The minimum absolute atomic E-state index is 0.0828. The first-order chi connectivity index (χ1) is 15.7. The number of ether oxygens (including phenoxy) is 1. The molecular formula is C22H23F3N6O2. The number of anilines is 2. The van der Waals surface area contributed by atoms with Crippen molar-refractivity contribution < 1.29 is 22.7 Å². The molecule has 0 radical (unpaired) electrons. The van der Waals surface area contributed by atoms with Crippen LogP contribution in [0.25, 0.3) is 22.2 Å². The van der Waals surface area contributed by atoms with Gasteiger partial charge in [-0.25, -0.2) is 14.8 Å². The van der Waals surface area contributed by atoms with E-state index in [0.29, 0.717) is 17.3 Å². The second-order valence-corrected chi connectivity index (χ2v) is 7.78. The Hall–Kier alpha value is -3.47. The van der Waals surface area contributed by atoms with Crippen molar-refractivity contribution in [1.29, 1.82) is 0 Å². The van der Waals surface area contributed by atoms with Crippen LogP contribution in [0.4, 0.5) is 29.6 Å². The second kappa shape index (κ2) is 8.81. The highest BCUT2D eigenvalue weighted by atomic mass is 19.4. The largest absolute Gasteiger partial charge is 0.416 e. The highest BCUT2D eigenvalue weighted by Gasteiger charge is 2.44. The molecule has 3 heterocycles. The van der Waals surface area contributed by atoms with Crippen molar-refractivity contribution in [3.05, 3.63) is 41.7 Å². The van der Waals surface area contributed by atoms with Gasteiger partial charge in [0.05, 0.1) is 13.2 Å². The van der Waals surface area contributed by atoms with Crippen molar-refractivity contribution in [3.63, 3.8) is 0 Å². The van der Waals surface area contributed by atoms with Gasteiger partial charge in [-0.15, -0.1) is 0 Å². The number of carbonyl (C=O) groups is 1. The SMILES string of the molecule is CNc1ncc2cc(-c3cc(NC(=O)N4CCO[C@H](C(F)(F)F)C4)ccc3C)c(C)nc2n1. The molecule has 1 atom stereocenters. The van der Waals surface area contributed by atoms with E-state index in [0.717, 1.165) is 32.7 Å². The molecule has 0 unspecified atom stereocenters. The molecule has 0 spiro atoms. The second-order valence-electron chi connectivity index (χ2n) is 7.78. The van der Waals surface area contributed by atoms with Crippen LogP contribution in [0, 0.1) is 13.8 Å². The van der Waals surface area contributed by atoms with Gasteiger partial charge in [0, 0.05) is 42.1 Å². The maximum absolute atomic E-state index is 13.0. The van der Waals surface area contributed by atoms with E-state index in [9.17, 15) is 18.0 Å². The molecule has 1 saturated heterocycles. The first-order valence-corrected chi connectivity index (χ1v) is 10.3. The molecule has 0 bridgehead atoms. The minimum atomic E-state index is -4.52. The Morgan fingerprint density at radius 1 is 1.18 bits per heavy atom. The zero-order chi connectivity index (χ0) is 23.8. The summed E-state index contributed by atoms with van der Waals surface area (Å²) >= 11 is 0. The molecule has 1 fully saturated rings. The zero-order valence-corrected chi connectivity index (χ0v) is 18.3. The van der Waals surface area contributed by atoms with Gasteiger partial charge in [-0.2, -0.15) is 18.2 Å². The van der Waals surface area contributed by atoms with Crippen molar-refractivity contribution in [2.75, 3.05) is 37.4 Å². The number of benzene rings is 1. The summed E-state index contributed by atoms with van der Waals surface area (Å²) in [5, 5.41) is 6.34. The number of nitrogens with zero attached hydrogens (tertiary/aromatic N) is 4. The highest BCUT2D eigenvalue weighted by Crippen LogP contribution is 2.31. The first kappa shape index (κ1) is 22.7. The topological polar surface area (TPSA) is 92.3 Å². The lowest BCUT2D eigenvalue weighted by Gasteiger charge is -2.33. The molecule has 3 aromatic rings. The van der Waals surface area contributed by atoms with Gasteiger partial charge in [0.15, 0.2) is 11.8 Å². The van der Waals surface area contributed by atoms with Gasteiger partial charge in [-0.3, -0.25) is 0 Å². The van der Waals surface area contributed by atoms with Gasteiger partial charge >= 0.3 is 12.2 Å². The summed E-state index contributed by atoms with van der Waals surface area (Å²) in [6.07, 6.45) is -4.82. The summed E-state index contributed by atoms with van der Waals surface area (Å²) in [7, 11) is 1.73. The number of alkyl halides is 3. The number of pyridine rings is 1. The van der Waals surface area contributed by atoms with Gasteiger partial charge in [0.25, 0.3) is 0 Å². The predicted molar refractivity (Wildman–Crippen MR) is 118 cm³/mol. The number of aromatic nitrogens is 3. The van der Waals surface area contributed by atoms with Crippen LogP contribution in [0.1, 0.15) is 11.3 Å². The molecule has 1 aromatic carbocycles. The van der Waals surface area contributed by atoms with Crippen LogP contribution in [-0.4, -0.2) is 64.9 Å². The van der Waals surface area contributed by atoms with Crippen molar-refractivity contribution in [2.45, 2.75) is 26.1 Å². The Morgan fingerprint density at radius 3 is 2.70 bits per heavy atom. The molecule has 8 nitrogen and oxygen atoms in total. The van der Waals surface area contributed by atoms with Crippen LogP contribution in [-0.2, 0) is 4.74 Å². The normalized spacial score (nSPS) is 16.7. The third-order valence-electron chi connectivity index (χ3n) is 5.48. The molecule has 1 aliphatic heterocycles. The van der Waals surface area contributed by atoms with E-state index in [1.165, 1.54) is 0 Å². The summed E-state index contributed by atoms with van der Waals surface area (Å²) in [6, 6.07) is 6.66. The lowest BCUT2D eigenvalue weighted by molar-refractivity contribution is -0.233. The molecular weight excluding hydrogens is 437 g/mol. The summed E-state index contributed by atoms with van der Waals surface area (Å²) < 4.78 is 43.7. The fraction of sp³-hybridized carbons (Fsp3) is 0.364. The lowest BCUT2D eigenvalue weighted by Crippen LogP contribution is -2.52. The van der Waals surface area contributed by atoms with E-state index in [4.69, 9.17) is 4.74 Å². The third kappa shape index (κ3) is 4.82. The Morgan fingerprint density at radius 2 is 1.97 bits per heavy atom. The smallest absolute Gasteiger partial charge is 0.365 e. The number of aryl methyl sites for hydroxylation is 2. The van der Waals surface area contributed by atoms with Crippen molar-refractivity contribution in [1.82, 2.24) is 19.9 Å². The van der Waals surface area contributed by atoms with Crippen molar-refractivity contribution in [2.24, 2.45) is 0 Å². The first-order valence-electron chi connectivity index (χ1n) is 10.3. The summed E-state index contributed by atoms with van der Waals surface area (Å²) in [4.78, 5) is 26.9. The maximum Gasteiger partial charge on any atom is 0.416 e. The molecule has 2 aromatic heterocycles. The molecule has 4 rings (SSSR count). The molecule has 0 aliphatic carbocycles. The molecule has 2 N–H and O–H groups in total. The Bertz CT molecular complexity index is 1200. The summed E-state index contributed by atoms with van der Waals surface area (Å²) in [5.74, 6) is 0.471. The van der Waals surface area contributed by atoms with E-state index < -0.39 is 24.9 Å². The van der Waals surface area contributed by atoms with Crippen LogP contribution in [0.5, 0.6) is 0 Å². The number of hydrogen-bond donors (Lipinski definition) is 2. The third-order valence-corrected chi connectivity index (χ3v) is 5.48. The van der Waals surface area contributed by atoms with Crippen LogP contribution in [0.3, 0.4) is 0 Å². The fourth-order valence-electron chi connectivity index (χ4n) is 3.67. The Balaban J connectivity index is 1.59. The monoisotopic (exact) mass is 460 g/mol. The number of amides is 2. The molecule has 0 saturated carbocycles. The van der Waals surface area contributed by atoms with Crippen LogP contribution < -0.4 is 10.6 Å². The van der Waals surface area contributed by atoms with E-state index in [1.54, 1.807) is 25.4 Å². The van der Waals surface area contributed by atoms with E-state index in [2.05, 4.69) is 25.6 Å². The van der Waals surface area contributed by atoms with Crippen LogP contribution in [0.15, 0.2) is 30.5 Å². The molecule has 1 aliphatic rings. The Labute approximate surface area is 188 Å². The number of urea groups is 1. The quantitative estimate of drug-likeness (QED) is 0.610. The number of carbonyl (C=O) groups excluding carboxylic acids is 1. The zero-order valence-electron chi connectivity index (χ0n) is 18.3. The lowest BCUT2D eigenvalue weighted by atomic mass is 9.98. The highest BCUT2D eigenvalue weighted by molar-refractivity contribution is 5.91. The number of hydrogen-bond acceptors (Lipinski definition) is 6. The number of halogens is 3. The molecule has 2 amide bonds. The summed E-state index contributed by atoms with van der Waals surface area (Å²) in [6.45, 7) is 3.17. The van der Waals surface area contributed by atoms with Gasteiger partial charge in [0.1, 0.15) is 0 Å². The molecule has 174 valence electrons. The van der Waals surface area contributed by atoms with Gasteiger partial charge in [-0.1, -0.05) is 6.07 Å². The number of nitrogens with one attached hydrogen (secondary N) is 2. The minimum Gasteiger partial charge on any atom is -0.365 e.